The van der Waals surface area contributed by atoms with Crippen LogP contribution in [0.4, 0.5) is 23.4 Å². The highest BCUT2D eigenvalue weighted by Crippen LogP contribution is 2.32. The van der Waals surface area contributed by atoms with Crippen LogP contribution in [0.15, 0.2) is 61.1 Å². The van der Waals surface area contributed by atoms with Gasteiger partial charge in [-0.3, -0.25) is 5.10 Å². The molecule has 166 valence electrons. The quantitative estimate of drug-likeness (QED) is 0.337. The number of carboxylic acids is 1. The van der Waals surface area contributed by atoms with Gasteiger partial charge in [-0.05, 0) is 29.3 Å². The van der Waals surface area contributed by atoms with Gasteiger partial charge in [0, 0.05) is 35.3 Å². The van der Waals surface area contributed by atoms with Crippen molar-refractivity contribution >= 4 is 34.2 Å². The molecule has 0 radical (unpaired) electrons. The molecule has 2 heterocycles. The van der Waals surface area contributed by atoms with E-state index in [-0.39, 0.29) is 5.82 Å². The van der Waals surface area contributed by atoms with Crippen molar-refractivity contribution in [3.8, 4) is 11.1 Å². The molecule has 2 aromatic heterocycles. The molecule has 0 aliphatic heterocycles. The third kappa shape index (κ3) is 5.73. The van der Waals surface area contributed by atoms with Gasteiger partial charge in [-0.2, -0.15) is 18.3 Å². The van der Waals surface area contributed by atoms with E-state index in [1.165, 1.54) is 12.1 Å². The number of alkyl halides is 3. The number of pyridine rings is 1. The Labute approximate surface area is 183 Å². The summed E-state index contributed by atoms with van der Waals surface area (Å²) in [7, 11) is 0. The highest BCUT2D eigenvalue weighted by atomic mass is 35.5. The molecule has 0 amide bonds. The van der Waals surface area contributed by atoms with E-state index in [1.54, 1.807) is 24.5 Å². The molecule has 0 atom stereocenters. The summed E-state index contributed by atoms with van der Waals surface area (Å²) in [6.07, 6.45) is 0.307. The van der Waals surface area contributed by atoms with E-state index in [0.717, 1.165) is 27.5 Å². The highest BCUT2D eigenvalue weighted by molar-refractivity contribution is 6.38. The molecule has 4 rings (SSSR count). The van der Waals surface area contributed by atoms with Gasteiger partial charge in [0.25, 0.3) is 0 Å². The van der Waals surface area contributed by atoms with E-state index in [0.29, 0.717) is 17.4 Å². The van der Waals surface area contributed by atoms with Crippen LogP contribution in [-0.2, 0) is 11.3 Å². The van der Waals surface area contributed by atoms with Crippen LogP contribution in [-0.4, -0.2) is 32.4 Å². The first kappa shape index (κ1) is 23.0. The second-order valence-corrected chi connectivity index (χ2v) is 6.87. The molecule has 0 aliphatic rings. The number of carbonyl (C=O) groups is 1. The van der Waals surface area contributed by atoms with Crippen molar-refractivity contribution in [3.63, 3.8) is 0 Å². The fraction of sp³-hybridized carbons (Fsp3) is 0.0952. The summed E-state index contributed by atoms with van der Waals surface area (Å²) in [5, 5.41) is 19.6. The number of benzene rings is 2. The van der Waals surface area contributed by atoms with E-state index in [9.17, 15) is 17.6 Å². The zero-order chi connectivity index (χ0) is 23.3. The van der Waals surface area contributed by atoms with Gasteiger partial charge in [-0.15, -0.1) is 0 Å². The number of carboxylic acid groups (broad SMARTS) is 1. The van der Waals surface area contributed by atoms with Crippen LogP contribution in [0.3, 0.4) is 0 Å². The Bertz CT molecular complexity index is 1210. The molecule has 0 bridgehead atoms. The molecule has 3 N–H and O–H groups in total. The zero-order valence-corrected chi connectivity index (χ0v) is 16.9. The summed E-state index contributed by atoms with van der Waals surface area (Å²) in [6, 6.07) is 12.3. The molecule has 0 unspecified atom stereocenters. The summed E-state index contributed by atoms with van der Waals surface area (Å²) < 4.78 is 44.7. The number of nitrogens with one attached hydrogen (secondary N) is 2. The number of aromatic nitrogens is 3. The molecule has 11 heteroatoms. The third-order valence-electron chi connectivity index (χ3n) is 4.28. The van der Waals surface area contributed by atoms with E-state index in [4.69, 9.17) is 21.5 Å². The van der Waals surface area contributed by atoms with Crippen LogP contribution < -0.4 is 5.32 Å². The monoisotopic (exact) mass is 466 g/mol. The fourth-order valence-corrected chi connectivity index (χ4v) is 2.96. The summed E-state index contributed by atoms with van der Waals surface area (Å²) in [5.74, 6) is -2.41. The molecule has 0 spiro atoms. The highest BCUT2D eigenvalue weighted by Gasteiger charge is 2.38. The van der Waals surface area contributed by atoms with Crippen LogP contribution in [0.5, 0.6) is 0 Å². The summed E-state index contributed by atoms with van der Waals surface area (Å²) >= 11 is 6.56. The Hall–Kier alpha value is -3.66. The lowest BCUT2D eigenvalue weighted by Gasteiger charge is -2.10. The number of hydrogen-bond acceptors (Lipinski definition) is 4. The molecule has 2 aromatic carbocycles. The van der Waals surface area contributed by atoms with E-state index >= 15 is 0 Å². The number of aromatic amines is 1. The number of fused-ring (bicyclic) bond motifs is 1. The first-order valence-electron chi connectivity index (χ1n) is 9.01. The third-order valence-corrected chi connectivity index (χ3v) is 4.66. The average molecular weight is 467 g/mol. The van der Waals surface area contributed by atoms with Gasteiger partial charge in [0.2, 0.25) is 0 Å². The van der Waals surface area contributed by atoms with Crippen molar-refractivity contribution in [2.24, 2.45) is 0 Å². The number of nitrogens with zero attached hydrogens (tertiary/aromatic N) is 2. The fourth-order valence-electron chi connectivity index (χ4n) is 2.68. The topological polar surface area (TPSA) is 90.9 Å². The van der Waals surface area contributed by atoms with Crippen molar-refractivity contribution in [2.45, 2.75) is 12.7 Å². The van der Waals surface area contributed by atoms with Crippen LogP contribution in [0.2, 0.25) is 5.02 Å². The number of halogens is 5. The molecule has 4 aromatic rings. The van der Waals surface area contributed by atoms with Crippen molar-refractivity contribution in [1.29, 1.82) is 0 Å². The molecule has 32 heavy (non-hydrogen) atoms. The van der Waals surface area contributed by atoms with Crippen LogP contribution >= 0.6 is 11.6 Å². The maximum Gasteiger partial charge on any atom is 0.490 e. The maximum atomic E-state index is 13.0. The Morgan fingerprint density at radius 3 is 2.38 bits per heavy atom. The molecule has 0 fully saturated rings. The number of anilines is 1. The SMILES string of the molecule is Fc1ccc(CNc2ncc3ccc(-c4cn[nH]c4)cc3c2Cl)cc1.O=C(O)C(F)(F)F. The van der Waals surface area contributed by atoms with Crippen molar-refractivity contribution < 1.29 is 27.5 Å². The van der Waals surface area contributed by atoms with Gasteiger partial charge in [-0.1, -0.05) is 35.9 Å². The Morgan fingerprint density at radius 1 is 1.09 bits per heavy atom. The molecule has 6 nitrogen and oxygen atoms in total. The van der Waals surface area contributed by atoms with Crippen LogP contribution in [0, 0.1) is 5.82 Å². The minimum atomic E-state index is -5.08. The minimum absolute atomic E-state index is 0.252. The smallest absolute Gasteiger partial charge is 0.475 e. The largest absolute Gasteiger partial charge is 0.490 e. The predicted molar refractivity (Wildman–Crippen MR) is 112 cm³/mol. The Morgan fingerprint density at radius 2 is 1.78 bits per heavy atom. The molecule has 0 saturated heterocycles. The van der Waals surface area contributed by atoms with Crippen LogP contribution in [0.25, 0.3) is 21.9 Å². The first-order chi connectivity index (χ1) is 15.1. The van der Waals surface area contributed by atoms with Crippen molar-refractivity contribution in [2.75, 3.05) is 5.32 Å². The number of H-pyrrole nitrogens is 1. The first-order valence-corrected chi connectivity index (χ1v) is 9.39. The lowest BCUT2D eigenvalue weighted by molar-refractivity contribution is -0.192. The predicted octanol–water partition coefficient (Wildman–Crippen LogP) is 5.66. The van der Waals surface area contributed by atoms with Gasteiger partial charge < -0.3 is 10.4 Å². The number of aliphatic carboxylic acids is 1. The molecule has 0 aliphatic carbocycles. The second-order valence-electron chi connectivity index (χ2n) is 6.49. The molecular weight excluding hydrogens is 452 g/mol. The molecular formula is C21H15ClF4N4O2. The summed E-state index contributed by atoms with van der Waals surface area (Å²) in [6.45, 7) is 0.514. The van der Waals surface area contributed by atoms with Gasteiger partial charge in [-0.25, -0.2) is 14.2 Å². The molecule has 0 saturated carbocycles. The van der Waals surface area contributed by atoms with E-state index in [1.807, 2.05) is 24.4 Å². The average Bonchev–Trinajstić information content (AvgIpc) is 3.29. The lowest BCUT2D eigenvalue weighted by Crippen LogP contribution is -2.21. The van der Waals surface area contributed by atoms with Gasteiger partial charge in [0.15, 0.2) is 0 Å². The van der Waals surface area contributed by atoms with Gasteiger partial charge in [0.05, 0.1) is 11.2 Å². The number of hydrogen-bond donors (Lipinski definition) is 3. The normalized spacial score (nSPS) is 11.0. The minimum Gasteiger partial charge on any atom is -0.475 e. The summed E-state index contributed by atoms with van der Waals surface area (Å²) in [5.41, 5.74) is 2.97. The zero-order valence-electron chi connectivity index (χ0n) is 16.1. The Kier molecular flexibility index (Phi) is 6.94. The van der Waals surface area contributed by atoms with E-state index < -0.39 is 12.1 Å². The van der Waals surface area contributed by atoms with E-state index in [2.05, 4.69) is 20.5 Å². The standard InChI is InChI=1S/C19H14ClFN4.C2HF3O2/c20-18-17-7-13(15-10-24-25-11-15)3-4-14(17)9-23-19(18)22-8-12-1-5-16(21)6-2-12;3-2(4,5)1(6)7/h1-7,9-11H,8H2,(H,22,23)(H,24,25);(H,6,7). The van der Waals surface area contributed by atoms with Crippen molar-refractivity contribution in [3.05, 3.63) is 77.5 Å². The maximum absolute atomic E-state index is 13.0. The van der Waals surface area contributed by atoms with Crippen molar-refractivity contribution in [1.82, 2.24) is 15.2 Å². The summed E-state index contributed by atoms with van der Waals surface area (Å²) in [4.78, 5) is 13.3. The lowest BCUT2D eigenvalue weighted by atomic mass is 10.0. The number of rotatable bonds is 4. The van der Waals surface area contributed by atoms with Gasteiger partial charge >= 0.3 is 12.1 Å². The second kappa shape index (κ2) is 9.65. The van der Waals surface area contributed by atoms with Gasteiger partial charge in [0.1, 0.15) is 11.6 Å². The van der Waals surface area contributed by atoms with Crippen LogP contribution in [0.1, 0.15) is 5.56 Å². The Balaban J connectivity index is 0.000000360.